The second kappa shape index (κ2) is 11.9. The summed E-state index contributed by atoms with van der Waals surface area (Å²) in [5.41, 5.74) is -0.116. The van der Waals surface area contributed by atoms with Crippen LogP contribution in [0.2, 0.25) is 0 Å². The maximum Gasteiger partial charge on any atom is 0.433 e. The molecule has 0 radical (unpaired) electrons. The standard InChI is InChI=1S/C16H23F3N8S.HI/c1-4-20-13(24-9-11-10-28-15(25-11)27(2)3)22-7-8-23-14-21-6-5-12(26-14)16(17,18)19;/h5-6,10H,4,7-9H2,1-3H3,(H2,20,22,24)(H,21,23,26);1H. The monoisotopic (exact) mass is 544 g/mol. The molecular formula is C16H24F3IN8S. The fraction of sp³-hybridized carbons (Fsp3) is 0.500. The zero-order chi connectivity index (χ0) is 20.6. The van der Waals surface area contributed by atoms with Crippen molar-refractivity contribution in [1.82, 2.24) is 25.6 Å². The summed E-state index contributed by atoms with van der Waals surface area (Å²) in [4.78, 5) is 18.1. The number of guanidine groups is 1. The highest BCUT2D eigenvalue weighted by Gasteiger charge is 2.32. The number of aliphatic imine (C=N–C) groups is 1. The topological polar surface area (TPSA) is 90.4 Å². The number of aromatic nitrogens is 3. The van der Waals surface area contributed by atoms with Crippen LogP contribution in [0, 0.1) is 0 Å². The van der Waals surface area contributed by atoms with Gasteiger partial charge in [0.15, 0.2) is 11.1 Å². The Morgan fingerprint density at radius 3 is 2.59 bits per heavy atom. The predicted octanol–water partition coefficient (Wildman–Crippen LogP) is 2.80. The lowest BCUT2D eigenvalue weighted by molar-refractivity contribution is -0.141. The van der Waals surface area contributed by atoms with Crippen LogP contribution in [0.5, 0.6) is 0 Å². The van der Waals surface area contributed by atoms with E-state index in [1.807, 2.05) is 31.3 Å². The molecule has 0 aliphatic heterocycles. The number of hydrogen-bond acceptors (Lipinski definition) is 7. The first kappa shape index (κ1) is 25.1. The molecule has 0 spiro atoms. The van der Waals surface area contributed by atoms with E-state index in [-0.39, 0.29) is 29.9 Å². The zero-order valence-corrected chi connectivity index (χ0v) is 19.4. The van der Waals surface area contributed by atoms with Gasteiger partial charge in [0, 0.05) is 45.3 Å². The van der Waals surface area contributed by atoms with E-state index in [1.54, 1.807) is 11.3 Å². The lowest BCUT2D eigenvalue weighted by atomic mass is 10.4. The summed E-state index contributed by atoms with van der Waals surface area (Å²) in [6, 6.07) is 0.833. The lowest BCUT2D eigenvalue weighted by Gasteiger charge is -2.12. The molecule has 0 aliphatic carbocycles. The highest BCUT2D eigenvalue weighted by atomic mass is 127. The van der Waals surface area contributed by atoms with Gasteiger partial charge in [0.25, 0.3) is 0 Å². The molecule has 3 N–H and O–H groups in total. The van der Waals surface area contributed by atoms with Crippen molar-refractivity contribution < 1.29 is 13.2 Å². The summed E-state index contributed by atoms with van der Waals surface area (Å²) in [7, 11) is 3.86. The fourth-order valence-corrected chi connectivity index (χ4v) is 2.78. The van der Waals surface area contributed by atoms with Crippen molar-refractivity contribution in [2.75, 3.05) is 43.9 Å². The largest absolute Gasteiger partial charge is 0.433 e. The van der Waals surface area contributed by atoms with E-state index in [1.165, 1.54) is 0 Å². The van der Waals surface area contributed by atoms with Gasteiger partial charge in [0.2, 0.25) is 5.95 Å². The van der Waals surface area contributed by atoms with E-state index in [4.69, 9.17) is 0 Å². The minimum absolute atomic E-state index is 0. The van der Waals surface area contributed by atoms with Crippen molar-refractivity contribution in [3.8, 4) is 0 Å². The summed E-state index contributed by atoms with van der Waals surface area (Å²) in [5.74, 6) is 0.519. The minimum Gasteiger partial charge on any atom is -0.357 e. The number of nitrogens with zero attached hydrogens (tertiary/aromatic N) is 5. The number of alkyl halides is 3. The molecule has 0 atom stereocenters. The summed E-state index contributed by atoms with van der Waals surface area (Å²) in [6.45, 7) is 3.79. The average Bonchev–Trinajstić information content (AvgIpc) is 3.12. The Bertz CT molecular complexity index is 782. The van der Waals surface area contributed by atoms with E-state index in [2.05, 4.69) is 35.9 Å². The number of anilines is 2. The number of hydrogen-bond donors (Lipinski definition) is 3. The van der Waals surface area contributed by atoms with Crippen molar-refractivity contribution in [3.05, 3.63) is 29.0 Å². The Balaban J connectivity index is 0.00000420. The highest BCUT2D eigenvalue weighted by Crippen LogP contribution is 2.27. The molecule has 0 aromatic carbocycles. The first-order valence-electron chi connectivity index (χ1n) is 8.57. The molecule has 2 heterocycles. The van der Waals surface area contributed by atoms with Gasteiger partial charge in [-0.15, -0.1) is 35.3 Å². The van der Waals surface area contributed by atoms with Gasteiger partial charge in [-0.25, -0.2) is 19.9 Å². The second-order valence-electron chi connectivity index (χ2n) is 5.83. The SMILES string of the molecule is CCNC(=NCc1csc(N(C)C)n1)NCCNc1nccc(C(F)(F)F)n1.I. The quantitative estimate of drug-likeness (QED) is 0.204. The number of halogens is 4. The molecule has 0 fully saturated rings. The third-order valence-electron chi connectivity index (χ3n) is 3.31. The van der Waals surface area contributed by atoms with Gasteiger partial charge in [-0.1, -0.05) is 0 Å². The Hall–Kier alpha value is -1.90. The summed E-state index contributed by atoms with van der Waals surface area (Å²) in [6.07, 6.45) is -3.42. The molecular weight excluding hydrogens is 520 g/mol. The molecule has 2 rings (SSSR count). The van der Waals surface area contributed by atoms with Crippen LogP contribution in [0.1, 0.15) is 18.3 Å². The van der Waals surface area contributed by atoms with Crippen molar-refractivity contribution in [1.29, 1.82) is 0 Å². The Morgan fingerprint density at radius 2 is 1.97 bits per heavy atom. The molecule has 0 saturated heterocycles. The van der Waals surface area contributed by atoms with Gasteiger partial charge in [0.1, 0.15) is 5.69 Å². The van der Waals surface area contributed by atoms with Gasteiger partial charge in [-0.2, -0.15) is 13.2 Å². The molecule has 29 heavy (non-hydrogen) atoms. The Kier molecular flexibility index (Phi) is 10.4. The normalized spacial score (nSPS) is 11.6. The van der Waals surface area contributed by atoms with Crippen LogP contribution in [0.25, 0.3) is 0 Å². The van der Waals surface area contributed by atoms with Crippen molar-refractivity contribution in [2.45, 2.75) is 19.6 Å². The first-order valence-corrected chi connectivity index (χ1v) is 9.45. The van der Waals surface area contributed by atoms with E-state index >= 15 is 0 Å². The van der Waals surface area contributed by atoms with Crippen molar-refractivity contribution in [3.63, 3.8) is 0 Å². The zero-order valence-electron chi connectivity index (χ0n) is 16.2. The molecule has 2 aromatic heterocycles. The Morgan fingerprint density at radius 1 is 1.21 bits per heavy atom. The van der Waals surface area contributed by atoms with E-state index in [0.717, 1.165) is 23.1 Å². The summed E-state index contributed by atoms with van der Waals surface area (Å²) in [5, 5.41) is 11.8. The average molecular weight is 544 g/mol. The first-order chi connectivity index (χ1) is 13.3. The van der Waals surface area contributed by atoms with Gasteiger partial charge >= 0.3 is 6.18 Å². The molecule has 13 heteroatoms. The van der Waals surface area contributed by atoms with Gasteiger partial charge in [-0.05, 0) is 13.0 Å². The van der Waals surface area contributed by atoms with Gasteiger partial charge in [-0.3, -0.25) is 0 Å². The lowest BCUT2D eigenvalue weighted by Crippen LogP contribution is -2.39. The van der Waals surface area contributed by atoms with E-state index in [0.29, 0.717) is 32.1 Å². The van der Waals surface area contributed by atoms with Crippen LogP contribution in [-0.2, 0) is 12.7 Å². The van der Waals surface area contributed by atoms with Crippen LogP contribution in [0.4, 0.5) is 24.3 Å². The second-order valence-corrected chi connectivity index (χ2v) is 6.66. The third-order valence-corrected chi connectivity index (χ3v) is 4.37. The Labute approximate surface area is 188 Å². The van der Waals surface area contributed by atoms with Crippen molar-refractivity contribution in [2.24, 2.45) is 4.99 Å². The van der Waals surface area contributed by atoms with Crippen LogP contribution < -0.4 is 20.9 Å². The molecule has 0 bridgehead atoms. The van der Waals surface area contributed by atoms with Gasteiger partial charge < -0.3 is 20.9 Å². The van der Waals surface area contributed by atoms with Crippen LogP contribution >= 0.6 is 35.3 Å². The predicted molar refractivity (Wildman–Crippen MR) is 120 cm³/mol. The van der Waals surface area contributed by atoms with Crippen molar-refractivity contribution >= 4 is 52.4 Å². The summed E-state index contributed by atoms with van der Waals surface area (Å²) >= 11 is 1.55. The molecule has 0 saturated carbocycles. The fourth-order valence-electron chi connectivity index (χ4n) is 2.03. The number of thiazole rings is 1. The van der Waals surface area contributed by atoms with Gasteiger partial charge in [0.05, 0.1) is 12.2 Å². The number of rotatable bonds is 8. The smallest absolute Gasteiger partial charge is 0.357 e. The van der Waals surface area contributed by atoms with Crippen LogP contribution in [-0.4, -0.2) is 54.6 Å². The molecule has 0 unspecified atom stereocenters. The third kappa shape index (κ3) is 8.55. The van der Waals surface area contributed by atoms with Crippen LogP contribution in [0.15, 0.2) is 22.6 Å². The van der Waals surface area contributed by atoms with E-state index < -0.39 is 11.9 Å². The molecule has 0 amide bonds. The molecule has 8 nitrogen and oxygen atoms in total. The van der Waals surface area contributed by atoms with Crippen LogP contribution in [0.3, 0.4) is 0 Å². The number of nitrogens with one attached hydrogen (secondary N) is 3. The highest BCUT2D eigenvalue weighted by molar-refractivity contribution is 14.0. The maximum atomic E-state index is 12.7. The maximum absolute atomic E-state index is 12.7. The molecule has 2 aromatic rings. The molecule has 162 valence electrons. The summed E-state index contributed by atoms with van der Waals surface area (Å²) < 4.78 is 38.0. The van der Waals surface area contributed by atoms with E-state index in [9.17, 15) is 13.2 Å². The molecule has 0 aliphatic rings. The minimum atomic E-state index is -4.50.